The fourth-order valence-electron chi connectivity index (χ4n) is 8.62. The first-order valence-corrected chi connectivity index (χ1v) is 20.9. The molecule has 52 heavy (non-hydrogen) atoms. The van der Waals surface area contributed by atoms with Crippen molar-refractivity contribution in [2.24, 2.45) is 41.4 Å². The van der Waals surface area contributed by atoms with Gasteiger partial charge < -0.3 is 16.0 Å². The number of allylic oxidation sites excluding steroid dienone is 4. The molecule has 2 aliphatic heterocycles. The molecule has 9 heteroatoms. The van der Waals surface area contributed by atoms with Gasteiger partial charge in [-0.25, -0.2) is 0 Å². The number of imide groups is 2. The molecule has 0 aromatic heterocycles. The molecule has 0 aromatic carbocycles. The first kappa shape index (κ1) is 45.8. The first-order chi connectivity index (χ1) is 24.8. The van der Waals surface area contributed by atoms with Gasteiger partial charge in [-0.3, -0.25) is 29.0 Å². The summed E-state index contributed by atoms with van der Waals surface area (Å²) in [5.41, 5.74) is 2.59. The van der Waals surface area contributed by atoms with Gasteiger partial charge in [0.1, 0.15) is 0 Å². The van der Waals surface area contributed by atoms with Crippen LogP contribution in [-0.2, 0) is 19.2 Å². The van der Waals surface area contributed by atoms with E-state index in [1.807, 2.05) is 0 Å². The van der Waals surface area contributed by atoms with Crippen LogP contribution in [0.2, 0.25) is 0 Å². The minimum Gasteiger partial charge on any atom is -0.314 e. The molecule has 2 saturated heterocycles. The maximum Gasteiger partial charge on any atom is 0.233 e. The van der Waals surface area contributed by atoms with Gasteiger partial charge in [0.05, 0.1) is 11.8 Å². The Morgan fingerprint density at radius 1 is 0.615 bits per heavy atom. The lowest BCUT2D eigenvalue weighted by atomic mass is 9.85. The SMILES string of the molecule is C/C=C(/CC(C)CC(C)CCC)CC1CC(=O)N(CCNCCNCCNCCN2C(=O)CC(C/C(=C\C)CC(C)CC(C)CC(C)C)C2=O)C1=O. The summed E-state index contributed by atoms with van der Waals surface area (Å²) < 4.78 is 0. The predicted octanol–water partition coefficient (Wildman–Crippen LogP) is 7.13. The fourth-order valence-corrected chi connectivity index (χ4v) is 8.62. The van der Waals surface area contributed by atoms with Crippen molar-refractivity contribution >= 4 is 23.6 Å². The Hall–Kier alpha value is -2.36. The highest BCUT2D eigenvalue weighted by Crippen LogP contribution is 2.32. The lowest BCUT2D eigenvalue weighted by Gasteiger charge is -2.21. The summed E-state index contributed by atoms with van der Waals surface area (Å²) in [6, 6.07) is 0. The molecule has 2 rings (SSSR count). The van der Waals surface area contributed by atoms with E-state index in [0.717, 1.165) is 44.9 Å². The topological polar surface area (TPSA) is 111 Å². The third-order valence-electron chi connectivity index (χ3n) is 11.0. The number of nitrogens with zero attached hydrogens (tertiary/aromatic N) is 2. The highest BCUT2D eigenvalue weighted by molar-refractivity contribution is 6.04. The summed E-state index contributed by atoms with van der Waals surface area (Å²) in [6.45, 7) is 25.1. The number of likely N-dealkylation sites (tertiary alicyclic amines) is 2. The smallest absolute Gasteiger partial charge is 0.233 e. The molecule has 6 unspecified atom stereocenters. The molecule has 6 atom stereocenters. The molecule has 298 valence electrons. The van der Waals surface area contributed by atoms with Crippen LogP contribution in [-0.4, -0.2) is 85.8 Å². The van der Waals surface area contributed by atoms with E-state index >= 15 is 0 Å². The Morgan fingerprint density at radius 3 is 1.40 bits per heavy atom. The normalized spacial score (nSPS) is 21.2. The zero-order valence-corrected chi connectivity index (χ0v) is 34.7. The van der Waals surface area contributed by atoms with Crippen molar-refractivity contribution in [3.63, 3.8) is 0 Å². The average Bonchev–Trinajstić information content (AvgIpc) is 3.49. The van der Waals surface area contributed by atoms with Gasteiger partial charge in [0, 0.05) is 65.2 Å². The van der Waals surface area contributed by atoms with Gasteiger partial charge in [-0.2, -0.15) is 0 Å². The molecule has 0 bridgehead atoms. The second-order valence-corrected chi connectivity index (χ2v) is 16.8. The van der Waals surface area contributed by atoms with Crippen molar-refractivity contribution in [3.8, 4) is 0 Å². The largest absolute Gasteiger partial charge is 0.314 e. The van der Waals surface area contributed by atoms with Gasteiger partial charge in [-0.1, -0.05) is 84.6 Å². The van der Waals surface area contributed by atoms with Gasteiger partial charge in [-0.05, 0) is 88.4 Å². The molecule has 9 nitrogen and oxygen atoms in total. The van der Waals surface area contributed by atoms with Crippen LogP contribution in [0.5, 0.6) is 0 Å². The number of rotatable bonds is 28. The van der Waals surface area contributed by atoms with Crippen LogP contribution >= 0.6 is 0 Å². The zero-order valence-electron chi connectivity index (χ0n) is 34.7. The summed E-state index contributed by atoms with van der Waals surface area (Å²) in [5.74, 6) is 2.67. The monoisotopic (exact) mass is 728 g/mol. The Bertz CT molecular complexity index is 1170. The minimum atomic E-state index is -0.231. The summed E-state index contributed by atoms with van der Waals surface area (Å²) in [4.78, 5) is 54.4. The van der Waals surface area contributed by atoms with Crippen LogP contribution < -0.4 is 16.0 Å². The van der Waals surface area contributed by atoms with Crippen molar-refractivity contribution in [2.75, 3.05) is 52.4 Å². The molecule has 2 heterocycles. The maximum absolute atomic E-state index is 13.1. The number of carbonyl (C=O) groups is 4. The summed E-state index contributed by atoms with van der Waals surface area (Å²) >= 11 is 0. The molecule has 3 N–H and O–H groups in total. The van der Waals surface area contributed by atoms with E-state index < -0.39 is 0 Å². The molecule has 4 amide bonds. The van der Waals surface area contributed by atoms with Crippen LogP contribution in [0, 0.1) is 41.4 Å². The second-order valence-electron chi connectivity index (χ2n) is 16.8. The van der Waals surface area contributed by atoms with Gasteiger partial charge in [0.15, 0.2) is 0 Å². The van der Waals surface area contributed by atoms with E-state index in [9.17, 15) is 19.2 Å². The van der Waals surface area contributed by atoms with Crippen molar-refractivity contribution in [1.29, 1.82) is 0 Å². The number of nitrogens with one attached hydrogen (secondary N) is 3. The Balaban J connectivity index is 1.57. The quantitative estimate of drug-likeness (QED) is 0.0447. The van der Waals surface area contributed by atoms with Crippen LogP contribution in [0.25, 0.3) is 0 Å². The Kier molecular flexibility index (Phi) is 21.9. The van der Waals surface area contributed by atoms with Crippen molar-refractivity contribution in [3.05, 3.63) is 23.3 Å². The first-order valence-electron chi connectivity index (χ1n) is 20.9. The van der Waals surface area contributed by atoms with E-state index in [1.54, 1.807) is 0 Å². The molecular formula is C43H77N5O4. The van der Waals surface area contributed by atoms with Crippen LogP contribution in [0.3, 0.4) is 0 Å². The highest BCUT2D eigenvalue weighted by Gasteiger charge is 2.39. The predicted molar refractivity (Wildman–Crippen MR) is 214 cm³/mol. The standard InChI is InChI=1S/C43H77N5O4/c1-10-13-32(6)23-34(8)25-36(11-2)27-38-29-40(49)47(42(38)51)20-18-45-16-14-44-15-17-46-19-21-48-41(50)30-39(43(48)52)28-37(12-3)26-35(9)24-33(7)22-31(4)5/h11-12,31-35,38-39,44-46H,10,13-30H2,1-9H3/b36-11-,37-12-. The van der Waals surface area contributed by atoms with E-state index in [4.69, 9.17) is 0 Å². The Labute approximate surface area is 317 Å². The maximum atomic E-state index is 13.1. The fraction of sp³-hybridized carbons (Fsp3) is 0.814. The number of amides is 4. The zero-order chi connectivity index (χ0) is 38.6. The molecule has 0 aliphatic carbocycles. The molecule has 0 saturated carbocycles. The van der Waals surface area contributed by atoms with E-state index in [2.05, 4.69) is 90.4 Å². The number of carbonyl (C=O) groups excluding carboxylic acids is 4. The summed E-state index contributed by atoms with van der Waals surface area (Å²) in [6.07, 6.45) is 14.4. The van der Waals surface area contributed by atoms with Gasteiger partial charge in [0.2, 0.25) is 23.6 Å². The summed E-state index contributed by atoms with van der Waals surface area (Å²) in [5, 5.41) is 10.1. The van der Waals surface area contributed by atoms with Crippen molar-refractivity contribution in [1.82, 2.24) is 25.8 Å². The molecule has 0 radical (unpaired) electrons. The summed E-state index contributed by atoms with van der Waals surface area (Å²) in [7, 11) is 0. The van der Waals surface area contributed by atoms with Gasteiger partial charge in [-0.15, -0.1) is 0 Å². The third-order valence-corrected chi connectivity index (χ3v) is 11.0. The molecule has 0 spiro atoms. The molecule has 0 aromatic rings. The van der Waals surface area contributed by atoms with Gasteiger partial charge >= 0.3 is 0 Å². The van der Waals surface area contributed by atoms with Crippen LogP contribution in [0.1, 0.15) is 133 Å². The molecule has 2 fully saturated rings. The lowest BCUT2D eigenvalue weighted by Crippen LogP contribution is -2.40. The Morgan fingerprint density at radius 2 is 1.02 bits per heavy atom. The van der Waals surface area contributed by atoms with E-state index in [-0.39, 0.29) is 35.5 Å². The molecular weight excluding hydrogens is 651 g/mol. The van der Waals surface area contributed by atoms with E-state index in [0.29, 0.717) is 75.5 Å². The average molecular weight is 728 g/mol. The number of hydrogen-bond acceptors (Lipinski definition) is 7. The second kappa shape index (κ2) is 24.9. The van der Waals surface area contributed by atoms with Crippen molar-refractivity contribution < 1.29 is 19.2 Å². The van der Waals surface area contributed by atoms with Gasteiger partial charge in [0.25, 0.3) is 0 Å². The lowest BCUT2D eigenvalue weighted by molar-refractivity contribution is -0.140. The minimum absolute atomic E-state index is 0.0232. The number of hydrogen-bond donors (Lipinski definition) is 3. The van der Waals surface area contributed by atoms with Crippen molar-refractivity contribution in [2.45, 2.75) is 133 Å². The van der Waals surface area contributed by atoms with Crippen LogP contribution in [0.4, 0.5) is 0 Å². The highest BCUT2D eigenvalue weighted by atomic mass is 16.2. The van der Waals surface area contributed by atoms with Crippen LogP contribution in [0.15, 0.2) is 23.3 Å². The third kappa shape index (κ3) is 16.8. The van der Waals surface area contributed by atoms with E-state index in [1.165, 1.54) is 53.1 Å². The molecule has 2 aliphatic rings.